The Morgan fingerprint density at radius 3 is 2.23 bits per heavy atom. The maximum atomic E-state index is 15.2. The summed E-state index contributed by atoms with van der Waals surface area (Å²) in [7, 11) is -9.24. The van der Waals surface area contributed by atoms with Gasteiger partial charge in [0.1, 0.15) is 35.6 Å². The number of phosphoric ester groups is 1. The van der Waals surface area contributed by atoms with Crippen molar-refractivity contribution >= 4 is 75.2 Å². The summed E-state index contributed by atoms with van der Waals surface area (Å²) in [6.07, 6.45) is 16.4. The van der Waals surface area contributed by atoms with Crippen molar-refractivity contribution in [2.45, 2.75) is 134 Å². The van der Waals surface area contributed by atoms with E-state index in [-0.39, 0.29) is 63.5 Å². The fourth-order valence-corrected chi connectivity index (χ4v) is 19.7. The second-order valence-electron chi connectivity index (χ2n) is 33.1. The van der Waals surface area contributed by atoms with Gasteiger partial charge in [0.2, 0.25) is 6.79 Å². The number of hydrogen-bond donors (Lipinski definition) is 3. The topological polar surface area (TPSA) is 291 Å². The van der Waals surface area contributed by atoms with Gasteiger partial charge < -0.3 is 52.8 Å². The Morgan fingerprint density at radius 1 is 0.742 bits per heavy atom. The Labute approximate surface area is 703 Å². The van der Waals surface area contributed by atoms with Crippen LogP contribution in [0.25, 0.3) is 28.2 Å². The number of nitro benzene ring substituents is 1. The number of nitrogens with zero attached hydrogens (tertiary/aromatic N) is 9. The number of amides is 2. The largest absolute Gasteiger partial charge is 0.508 e. The van der Waals surface area contributed by atoms with Gasteiger partial charge >= 0.3 is 7.82 Å². The number of nitro groups is 1. The van der Waals surface area contributed by atoms with Gasteiger partial charge in [0, 0.05) is 140 Å². The lowest BCUT2D eigenvalue weighted by Gasteiger charge is -2.40. The molecule has 0 radical (unpaired) electrons. The quantitative estimate of drug-likeness (QED) is 0.0219. The number of sulfone groups is 1. The van der Waals surface area contributed by atoms with Crippen molar-refractivity contribution in [2.75, 3.05) is 87.9 Å². The second kappa shape index (κ2) is 36.0. The lowest BCUT2D eigenvalue weighted by molar-refractivity contribution is -0.385. The summed E-state index contributed by atoms with van der Waals surface area (Å²) in [6, 6.07) is 50.6. The van der Waals surface area contributed by atoms with E-state index < -0.39 is 40.9 Å². The first-order chi connectivity index (χ1) is 57.9. The molecule has 25 nitrogen and oxygen atoms in total. The van der Waals surface area contributed by atoms with E-state index in [9.17, 15) is 47.6 Å². The number of phenolic OH excluding ortho intramolecular Hbond substituents is 1. The van der Waals surface area contributed by atoms with E-state index in [2.05, 4.69) is 68.4 Å². The highest BCUT2D eigenvalue weighted by Crippen LogP contribution is 2.47. The molecule has 626 valence electrons. The van der Waals surface area contributed by atoms with Gasteiger partial charge in [-0.25, -0.2) is 18.0 Å². The molecule has 17 rings (SSSR count). The number of hydrogen-bond acceptors (Lipinski definition) is 18. The molecule has 1 saturated carbocycles. The van der Waals surface area contributed by atoms with Crippen LogP contribution in [0.15, 0.2) is 193 Å². The fourth-order valence-electron chi connectivity index (χ4n) is 18.0. The van der Waals surface area contributed by atoms with Gasteiger partial charge in [-0.15, -0.1) is 0 Å². The number of ketones is 1. The lowest BCUT2D eigenvalue weighted by Crippen LogP contribution is -2.52. The number of piperazine rings is 1. The van der Waals surface area contributed by atoms with Crippen LogP contribution < -0.4 is 24.0 Å². The number of fused-ring (bicyclic) bond motifs is 4. The van der Waals surface area contributed by atoms with E-state index in [1.165, 1.54) is 63.9 Å². The molecule has 3 N–H and O–H groups in total. The minimum atomic E-state index is -4.87. The number of aromatic nitrogens is 3. The van der Waals surface area contributed by atoms with Gasteiger partial charge in [0.15, 0.2) is 27.1 Å². The van der Waals surface area contributed by atoms with Crippen LogP contribution in [0.3, 0.4) is 0 Å². The van der Waals surface area contributed by atoms with Gasteiger partial charge in [0.25, 0.3) is 17.5 Å². The molecule has 8 heterocycles. The van der Waals surface area contributed by atoms with E-state index in [1.54, 1.807) is 53.4 Å². The first-order valence-electron chi connectivity index (χ1n) is 41.4. The number of para-hydroxylation sites is 1. The number of allylic oxidation sites excluding steroid dienone is 1. The molecule has 28 heteroatoms. The van der Waals surface area contributed by atoms with Crippen molar-refractivity contribution in [1.82, 2.24) is 28.8 Å². The molecule has 1 aromatic heterocycles. The zero-order chi connectivity index (χ0) is 83.4. The SMILES string of the molecule is CC1(C)CCC(CN2CCN(c3ccc(C(=O)CS(=O)(=O)c4ccc(CCC5CCCCC5)c([N+](=O)[O-])c4)c(Oc4cc5ccnc-5n(COP(=O)(O)O)c4)c3)CC2)=C(c2ccc(Cl)cc2)C1.O=C(c1cc(-c2cc3c(cc2C(=O)N2Cc4ccccc4C[C@H]2CN2CCOCC2)OCO3)n2c1CCCC2)N(c1ccccc1)c1ccc(O)cc1. The number of anilines is 3. The van der Waals surface area contributed by atoms with Gasteiger partial charge in [-0.2, -0.15) is 0 Å². The molecule has 3 fully saturated rings. The molecule has 2 saturated heterocycles. The number of halogens is 1. The predicted molar refractivity (Wildman–Crippen MR) is 459 cm³/mol. The summed E-state index contributed by atoms with van der Waals surface area (Å²) in [5, 5.41) is 23.0. The van der Waals surface area contributed by atoms with Crippen LogP contribution in [-0.2, 0) is 62.7 Å². The number of pyridine rings is 1. The van der Waals surface area contributed by atoms with E-state index in [0.717, 1.165) is 163 Å². The Hall–Kier alpha value is -10.5. The molecular formula is C92H99ClN9O16PS. The maximum absolute atomic E-state index is 15.2. The number of phenols is 1. The first-order valence-corrected chi connectivity index (χ1v) is 44.9. The Bertz CT molecular complexity index is 5620. The number of phosphoric acid groups is 1. The van der Waals surface area contributed by atoms with Crippen molar-refractivity contribution in [3.8, 4) is 51.4 Å². The third-order valence-electron chi connectivity index (χ3n) is 24.4. The lowest BCUT2D eigenvalue weighted by atomic mass is 9.72. The number of carbonyl (C=O) groups is 3. The molecule has 2 amide bonds. The zero-order valence-corrected chi connectivity index (χ0v) is 69.9. The smallest absolute Gasteiger partial charge is 0.471 e. The average Bonchev–Trinajstić information content (AvgIpc) is 1.58. The molecule has 9 aliphatic rings. The molecule has 2 aliphatic carbocycles. The molecule has 0 unspecified atom stereocenters. The molecule has 7 aromatic carbocycles. The summed E-state index contributed by atoms with van der Waals surface area (Å²) >= 11 is 6.25. The number of rotatable bonds is 24. The molecule has 1 atom stereocenters. The number of aryl methyl sites for hydroxylation is 1. The third-order valence-corrected chi connectivity index (χ3v) is 26.8. The number of aromatic hydroxyl groups is 1. The van der Waals surface area contributed by atoms with Gasteiger partial charge in [-0.3, -0.25) is 43.7 Å². The standard InChI is InChI=1S/C49H57ClN5O10PS.C43H42N4O6/c1-49(2)20-18-38(44(29-49)35-10-13-39(50)14-11-35)30-52-22-24-53(25-23-52)40-15-17-43(47(27-40)65-41-26-37-19-21-51-48(37)54(31-41)33-64-66(59,60)61)46(56)32-67(62,63)42-16-12-36(45(28-42)55(57)58)9-8-34-6-4-3-5-7-34;48-34-15-13-32(14-16-34)47(31-10-2-1-3-11-31)43(50)37-23-39(45-17-7-6-12-38(37)45)35-24-40-41(53-28-52-40)25-36(35)42(49)46-26-30-9-5-4-8-29(30)22-33(46)27-44-18-20-51-21-19-44/h10-17,19,21,26-28,31,34H,3-9,18,20,22-25,29-30,32-33H2,1-2H3,(H2,59,60,61);1-5,8-11,13-16,23-25,33,48H,6-7,12,17-22,26-28H2/t;33-/m.0/s1. The van der Waals surface area contributed by atoms with Crippen LogP contribution in [0.5, 0.6) is 28.7 Å². The monoisotopic (exact) mass is 1680 g/mol. The van der Waals surface area contributed by atoms with Crippen molar-refractivity contribution in [3.05, 3.63) is 248 Å². The van der Waals surface area contributed by atoms with E-state index in [4.69, 9.17) is 35.1 Å². The number of Topliss-reactive ketones (excluding diaryl/α,β-unsaturated/α-hetero) is 1. The number of morpholine rings is 1. The highest BCUT2D eigenvalue weighted by molar-refractivity contribution is 7.92. The molecule has 0 bridgehead atoms. The molecular weight excluding hydrogens is 1590 g/mol. The molecule has 120 heavy (non-hydrogen) atoms. The highest BCUT2D eigenvalue weighted by atomic mass is 35.5. The van der Waals surface area contributed by atoms with E-state index in [0.29, 0.717) is 95.5 Å². The van der Waals surface area contributed by atoms with Crippen LogP contribution >= 0.6 is 19.4 Å². The van der Waals surface area contributed by atoms with Crippen LogP contribution in [0.1, 0.15) is 143 Å². The maximum Gasteiger partial charge on any atom is 0.471 e. The van der Waals surface area contributed by atoms with Crippen molar-refractivity contribution in [1.29, 1.82) is 0 Å². The first kappa shape index (κ1) is 83.2. The molecule has 0 spiro atoms. The van der Waals surface area contributed by atoms with Gasteiger partial charge in [0.05, 0.1) is 45.9 Å². The Balaban J connectivity index is 0.000000183. The van der Waals surface area contributed by atoms with Crippen molar-refractivity contribution in [3.63, 3.8) is 0 Å². The van der Waals surface area contributed by atoms with Gasteiger partial charge in [-0.1, -0.05) is 124 Å². The Kier molecular flexibility index (Phi) is 25.0. The van der Waals surface area contributed by atoms with E-state index in [1.807, 2.05) is 71.6 Å². The summed E-state index contributed by atoms with van der Waals surface area (Å²) in [4.78, 5) is 89.5. The van der Waals surface area contributed by atoms with Crippen molar-refractivity contribution in [2.24, 2.45) is 11.3 Å². The third kappa shape index (κ3) is 19.1. The minimum Gasteiger partial charge on any atom is -0.508 e. The summed E-state index contributed by atoms with van der Waals surface area (Å²) in [5.74, 6) is 0.294. The minimum absolute atomic E-state index is 0.0307. The van der Waals surface area contributed by atoms with Crippen LogP contribution in [0.4, 0.5) is 22.7 Å². The normalized spacial score (nSPS) is 17.7. The number of benzene rings is 7. The zero-order valence-electron chi connectivity index (χ0n) is 67.4. The molecule has 7 aliphatic heterocycles. The summed E-state index contributed by atoms with van der Waals surface area (Å²) < 4.78 is 71.7. The van der Waals surface area contributed by atoms with E-state index >= 15 is 4.79 Å². The summed E-state index contributed by atoms with van der Waals surface area (Å²) in [6.45, 7) is 12.9. The highest BCUT2D eigenvalue weighted by Gasteiger charge is 2.39. The van der Waals surface area contributed by atoms with Crippen LogP contribution in [0.2, 0.25) is 5.02 Å². The average molecular weight is 1690 g/mol. The fraction of sp³-hybridized carbons (Fsp3) is 0.370. The number of ether oxygens (including phenoxy) is 4. The second-order valence-corrected chi connectivity index (χ2v) is 36.7. The predicted octanol–water partition coefficient (Wildman–Crippen LogP) is 17.2. The van der Waals surface area contributed by atoms with Crippen LogP contribution in [0, 0.1) is 21.4 Å². The summed E-state index contributed by atoms with van der Waals surface area (Å²) in [5.41, 5.74) is 13.0. The van der Waals surface area contributed by atoms with Crippen molar-refractivity contribution < 1.29 is 70.7 Å². The molecule has 8 aromatic rings. The van der Waals surface area contributed by atoms with Crippen LogP contribution in [-0.4, -0.2) is 159 Å². The Morgan fingerprint density at radius 2 is 1.48 bits per heavy atom. The van der Waals surface area contributed by atoms with Gasteiger partial charge in [-0.05, 0) is 188 Å². The number of carbonyl (C=O) groups excluding carboxylic acids is 3.